The third-order valence-electron chi connectivity index (χ3n) is 4.77. The van der Waals surface area contributed by atoms with Crippen molar-refractivity contribution < 1.29 is 9.53 Å². The van der Waals surface area contributed by atoms with Crippen LogP contribution in [0.4, 0.5) is 0 Å². The van der Waals surface area contributed by atoms with E-state index < -0.39 is 5.54 Å². The van der Waals surface area contributed by atoms with Gasteiger partial charge in [-0.3, -0.25) is 10.1 Å². The summed E-state index contributed by atoms with van der Waals surface area (Å²) in [4.78, 5) is 14.8. The summed E-state index contributed by atoms with van der Waals surface area (Å²) >= 11 is 0. The van der Waals surface area contributed by atoms with Gasteiger partial charge < -0.3 is 9.64 Å². The Labute approximate surface area is 126 Å². The Morgan fingerprint density at radius 3 is 2.81 bits per heavy atom. The maximum absolute atomic E-state index is 12.8. The van der Waals surface area contributed by atoms with E-state index in [-0.39, 0.29) is 12.1 Å². The van der Waals surface area contributed by atoms with Gasteiger partial charge in [0.25, 0.3) is 0 Å². The fraction of sp³-hybridized carbons (Fsp3) is 0.588. The molecule has 114 valence electrons. The molecule has 1 aliphatic heterocycles. The summed E-state index contributed by atoms with van der Waals surface area (Å²) < 4.78 is 5.32. The molecule has 0 bridgehead atoms. The molecule has 1 aromatic carbocycles. The van der Waals surface area contributed by atoms with Crippen LogP contribution in [-0.2, 0) is 4.79 Å². The highest BCUT2D eigenvalue weighted by molar-refractivity contribution is 5.88. The Kier molecular flexibility index (Phi) is 3.66. The average molecular weight is 288 g/mol. The average Bonchev–Trinajstić information content (AvgIpc) is 3.29. The summed E-state index contributed by atoms with van der Waals surface area (Å²) in [6.07, 6.45) is 3.25. The summed E-state index contributed by atoms with van der Waals surface area (Å²) in [5.41, 5.74) is 0.642. The lowest BCUT2D eigenvalue weighted by Crippen LogP contribution is -2.43. The van der Waals surface area contributed by atoms with Gasteiger partial charge in [0.05, 0.1) is 12.6 Å². The van der Waals surface area contributed by atoms with Crippen molar-refractivity contribution in [3.05, 3.63) is 29.8 Å². The summed E-state index contributed by atoms with van der Waals surface area (Å²) in [6, 6.07) is 8.00. The molecule has 4 nitrogen and oxygen atoms in total. The van der Waals surface area contributed by atoms with Crippen LogP contribution < -0.4 is 10.1 Å². The van der Waals surface area contributed by atoms with Gasteiger partial charge in [0.2, 0.25) is 5.91 Å². The Bertz CT molecular complexity index is 541. The van der Waals surface area contributed by atoms with Crippen molar-refractivity contribution >= 4 is 5.91 Å². The fourth-order valence-electron chi connectivity index (χ4n) is 2.97. The number of nitrogens with one attached hydrogen (secondary N) is 1. The van der Waals surface area contributed by atoms with Crippen LogP contribution in [-0.4, -0.2) is 30.0 Å². The number of nitrogens with zero attached hydrogens (tertiary/aromatic N) is 1. The first-order valence-corrected chi connectivity index (χ1v) is 7.80. The van der Waals surface area contributed by atoms with Gasteiger partial charge in [0.1, 0.15) is 11.9 Å². The van der Waals surface area contributed by atoms with E-state index in [1.807, 2.05) is 30.0 Å². The highest BCUT2D eigenvalue weighted by atomic mass is 16.5. The lowest BCUT2D eigenvalue weighted by molar-refractivity contribution is -0.133. The monoisotopic (exact) mass is 288 g/mol. The number of carbonyl (C=O) groups excluding carboxylic acids is 1. The number of rotatable bonds is 5. The molecule has 0 spiro atoms. The van der Waals surface area contributed by atoms with Crippen LogP contribution >= 0.6 is 0 Å². The Balaban J connectivity index is 1.91. The smallest absolute Gasteiger partial charge is 0.244 e. The minimum Gasteiger partial charge on any atom is -0.497 e. The molecule has 1 N–H and O–H groups in total. The second-order valence-electron chi connectivity index (χ2n) is 6.41. The zero-order valence-electron chi connectivity index (χ0n) is 13.1. The zero-order chi connectivity index (χ0) is 15.0. The van der Waals surface area contributed by atoms with Crippen molar-refractivity contribution in [2.24, 2.45) is 5.92 Å². The van der Waals surface area contributed by atoms with Gasteiger partial charge in [-0.15, -0.1) is 0 Å². The topological polar surface area (TPSA) is 41.6 Å². The Morgan fingerprint density at radius 1 is 1.43 bits per heavy atom. The largest absolute Gasteiger partial charge is 0.497 e. The predicted octanol–water partition coefficient (Wildman–Crippen LogP) is 2.70. The maximum atomic E-state index is 12.8. The molecular formula is C17H24N2O2. The van der Waals surface area contributed by atoms with Crippen LogP contribution in [0.5, 0.6) is 5.75 Å². The normalized spacial score (nSPS) is 29.0. The van der Waals surface area contributed by atoms with Gasteiger partial charge in [-0.1, -0.05) is 19.1 Å². The summed E-state index contributed by atoms with van der Waals surface area (Å²) in [5, 5.41) is 3.54. The van der Waals surface area contributed by atoms with E-state index in [2.05, 4.69) is 18.3 Å². The van der Waals surface area contributed by atoms with Gasteiger partial charge >= 0.3 is 0 Å². The van der Waals surface area contributed by atoms with E-state index in [4.69, 9.17) is 4.74 Å². The van der Waals surface area contributed by atoms with Crippen LogP contribution in [0, 0.1) is 5.92 Å². The molecule has 3 rings (SSSR count). The zero-order valence-corrected chi connectivity index (χ0v) is 13.1. The molecule has 2 aliphatic rings. The number of hydrogen-bond donors (Lipinski definition) is 1. The van der Waals surface area contributed by atoms with Crippen LogP contribution in [0.3, 0.4) is 0 Å². The summed E-state index contributed by atoms with van der Waals surface area (Å²) in [7, 11) is 1.67. The highest BCUT2D eigenvalue weighted by Crippen LogP contribution is 2.38. The first kappa shape index (κ1) is 14.4. The first-order valence-electron chi connectivity index (χ1n) is 7.80. The van der Waals surface area contributed by atoms with E-state index in [1.54, 1.807) is 7.11 Å². The summed E-state index contributed by atoms with van der Waals surface area (Å²) in [6.45, 7) is 4.94. The molecule has 1 amide bonds. The molecule has 1 saturated heterocycles. The van der Waals surface area contributed by atoms with Crippen molar-refractivity contribution in [2.45, 2.75) is 44.8 Å². The molecule has 1 saturated carbocycles. The second kappa shape index (κ2) is 5.34. The number of carbonyl (C=O) groups is 1. The predicted molar refractivity (Wildman–Crippen MR) is 82.0 cm³/mol. The van der Waals surface area contributed by atoms with Crippen molar-refractivity contribution in [1.29, 1.82) is 0 Å². The maximum Gasteiger partial charge on any atom is 0.244 e. The first-order chi connectivity index (χ1) is 10.1. The quantitative estimate of drug-likeness (QED) is 0.906. The van der Waals surface area contributed by atoms with Gasteiger partial charge in [-0.2, -0.15) is 0 Å². The molecule has 2 atom stereocenters. The van der Waals surface area contributed by atoms with Crippen LogP contribution in [0.15, 0.2) is 24.3 Å². The van der Waals surface area contributed by atoms with Gasteiger partial charge in [-0.25, -0.2) is 0 Å². The second-order valence-corrected chi connectivity index (χ2v) is 6.41. The van der Waals surface area contributed by atoms with E-state index in [0.717, 1.165) is 24.3 Å². The standard InChI is InChI=1S/C17H24N2O2/c1-4-17(2)16(20)19(11-12-8-9-12)15(18-17)13-6-5-7-14(10-13)21-3/h5-7,10,12,15,18H,4,8-9,11H2,1-3H3. The number of methoxy groups -OCH3 is 1. The van der Waals surface area contributed by atoms with Crippen molar-refractivity contribution in [3.63, 3.8) is 0 Å². The van der Waals surface area contributed by atoms with Gasteiger partial charge in [0.15, 0.2) is 0 Å². The van der Waals surface area contributed by atoms with Gasteiger partial charge in [-0.05, 0) is 49.8 Å². The lowest BCUT2D eigenvalue weighted by atomic mass is 9.99. The molecule has 1 aromatic rings. The molecule has 0 aromatic heterocycles. The third kappa shape index (κ3) is 2.64. The molecule has 2 unspecified atom stereocenters. The third-order valence-corrected chi connectivity index (χ3v) is 4.77. The Hall–Kier alpha value is -1.55. The van der Waals surface area contributed by atoms with Crippen molar-refractivity contribution in [3.8, 4) is 5.75 Å². The minimum absolute atomic E-state index is 0.0434. The fourth-order valence-corrected chi connectivity index (χ4v) is 2.97. The van der Waals surface area contributed by atoms with Crippen LogP contribution in [0.25, 0.3) is 0 Å². The minimum atomic E-state index is -0.456. The van der Waals surface area contributed by atoms with Crippen LogP contribution in [0.2, 0.25) is 0 Å². The van der Waals surface area contributed by atoms with Gasteiger partial charge in [0, 0.05) is 6.54 Å². The van der Waals surface area contributed by atoms with E-state index >= 15 is 0 Å². The van der Waals surface area contributed by atoms with E-state index in [0.29, 0.717) is 5.92 Å². The molecular weight excluding hydrogens is 264 g/mol. The number of hydrogen-bond acceptors (Lipinski definition) is 3. The van der Waals surface area contributed by atoms with E-state index in [9.17, 15) is 4.79 Å². The highest BCUT2D eigenvalue weighted by Gasteiger charge is 2.48. The number of benzene rings is 1. The lowest BCUT2D eigenvalue weighted by Gasteiger charge is -2.24. The molecule has 0 radical (unpaired) electrons. The molecule has 4 heteroatoms. The molecule has 21 heavy (non-hydrogen) atoms. The summed E-state index contributed by atoms with van der Waals surface area (Å²) in [5.74, 6) is 1.74. The molecule has 2 fully saturated rings. The Morgan fingerprint density at radius 2 is 2.19 bits per heavy atom. The van der Waals surface area contributed by atoms with Crippen molar-refractivity contribution in [2.75, 3.05) is 13.7 Å². The number of amides is 1. The van der Waals surface area contributed by atoms with E-state index in [1.165, 1.54) is 12.8 Å². The number of ether oxygens (including phenoxy) is 1. The molecule has 1 aliphatic carbocycles. The molecule has 1 heterocycles. The van der Waals surface area contributed by atoms with Crippen molar-refractivity contribution in [1.82, 2.24) is 10.2 Å². The SMILES string of the molecule is CCC1(C)NC(c2cccc(OC)c2)N(CC2CC2)C1=O. The van der Waals surface area contributed by atoms with Crippen LogP contribution in [0.1, 0.15) is 44.8 Å².